The number of nitrogens with zero attached hydrogens (tertiary/aromatic N) is 2. The quantitative estimate of drug-likeness (QED) is 0.162. The zero-order valence-corrected chi connectivity index (χ0v) is 18.7. The molecule has 29 heavy (non-hydrogen) atoms. The van der Waals surface area contributed by atoms with Gasteiger partial charge in [0, 0.05) is 13.0 Å². The highest BCUT2D eigenvalue weighted by Gasteiger charge is 2.36. The molecular formula is C24H44N3O2+. The summed E-state index contributed by atoms with van der Waals surface area (Å²) in [6.07, 6.45) is 25.9. The maximum Gasteiger partial charge on any atom is 0.360 e. The van der Waals surface area contributed by atoms with Gasteiger partial charge in [-0.15, -0.1) is 0 Å². The van der Waals surface area contributed by atoms with E-state index in [1.54, 1.807) is 6.20 Å². The summed E-state index contributed by atoms with van der Waals surface area (Å²) in [5.41, 5.74) is 5.72. The highest BCUT2D eigenvalue weighted by atomic mass is 16.4. The van der Waals surface area contributed by atoms with Crippen LogP contribution in [0.5, 0.6) is 0 Å². The van der Waals surface area contributed by atoms with Gasteiger partial charge in [0.1, 0.15) is 12.7 Å². The minimum atomic E-state index is -0.800. The summed E-state index contributed by atoms with van der Waals surface area (Å²) in [5.74, 6) is 0.161. The van der Waals surface area contributed by atoms with Gasteiger partial charge in [0.05, 0.1) is 6.20 Å². The molecule has 0 aromatic rings. The van der Waals surface area contributed by atoms with Crippen LogP contribution in [0.1, 0.15) is 96.8 Å². The number of quaternary nitrogens is 1. The minimum absolute atomic E-state index is 0.0436. The van der Waals surface area contributed by atoms with Gasteiger partial charge in [-0.25, -0.2) is 14.3 Å². The third kappa shape index (κ3) is 11.3. The third-order valence-electron chi connectivity index (χ3n) is 5.71. The lowest BCUT2D eigenvalue weighted by molar-refractivity contribution is -0.778. The van der Waals surface area contributed by atoms with E-state index in [9.17, 15) is 9.90 Å². The van der Waals surface area contributed by atoms with E-state index < -0.39 is 5.97 Å². The predicted molar refractivity (Wildman–Crippen MR) is 123 cm³/mol. The van der Waals surface area contributed by atoms with Crippen LogP contribution >= 0.6 is 0 Å². The Balaban J connectivity index is 2.00. The van der Waals surface area contributed by atoms with Crippen molar-refractivity contribution in [1.29, 1.82) is 0 Å². The molecular weight excluding hydrogens is 362 g/mol. The second-order valence-corrected chi connectivity index (χ2v) is 8.25. The normalized spacial score (nSPS) is 18.6. The first-order chi connectivity index (χ1) is 14.1. The van der Waals surface area contributed by atoms with E-state index in [1.807, 2.05) is 6.20 Å². The number of rotatable bonds is 19. The molecule has 0 radical (unpaired) electrons. The van der Waals surface area contributed by atoms with Crippen molar-refractivity contribution in [3.63, 3.8) is 0 Å². The maximum absolute atomic E-state index is 11.2. The van der Waals surface area contributed by atoms with Gasteiger partial charge in [0.25, 0.3) is 0 Å². The number of allylic oxidation sites excluding steroid dienone is 2. The van der Waals surface area contributed by atoms with Crippen LogP contribution in [-0.2, 0) is 4.79 Å². The topological polar surface area (TPSA) is 75.7 Å². The summed E-state index contributed by atoms with van der Waals surface area (Å²) < 4.78 is 0.306. The van der Waals surface area contributed by atoms with Crippen LogP contribution in [0.4, 0.5) is 0 Å². The summed E-state index contributed by atoms with van der Waals surface area (Å²) in [5, 5.41) is 9.24. The number of carbonyl (C=O) groups is 1. The SMILES string of the molecule is CC/C=C/CCCCCCCCCCCCCC1=NC=C[N+]1(CCN)CC(=O)O. The molecule has 1 aliphatic heterocycles. The maximum atomic E-state index is 11.2. The number of hydrogen-bond acceptors (Lipinski definition) is 3. The molecule has 3 N–H and O–H groups in total. The summed E-state index contributed by atoms with van der Waals surface area (Å²) in [6, 6.07) is 0. The third-order valence-corrected chi connectivity index (χ3v) is 5.71. The molecule has 1 atom stereocenters. The number of nitrogens with two attached hydrogens (primary N) is 1. The van der Waals surface area contributed by atoms with Crippen molar-refractivity contribution in [2.45, 2.75) is 96.8 Å². The molecule has 0 fully saturated rings. The van der Waals surface area contributed by atoms with Crippen molar-refractivity contribution in [3.8, 4) is 0 Å². The second-order valence-electron chi connectivity index (χ2n) is 8.25. The van der Waals surface area contributed by atoms with Crippen molar-refractivity contribution in [1.82, 2.24) is 0 Å². The molecule has 1 aliphatic rings. The van der Waals surface area contributed by atoms with Gasteiger partial charge < -0.3 is 10.8 Å². The molecule has 0 aromatic carbocycles. The molecule has 5 heteroatoms. The Bertz CT molecular complexity index is 528. The number of hydrogen-bond donors (Lipinski definition) is 2. The van der Waals surface area contributed by atoms with Gasteiger partial charge in [-0.3, -0.25) is 0 Å². The predicted octanol–water partition coefficient (Wildman–Crippen LogP) is 5.77. The lowest BCUT2D eigenvalue weighted by atomic mass is 10.0. The van der Waals surface area contributed by atoms with Crippen molar-refractivity contribution >= 4 is 11.8 Å². The van der Waals surface area contributed by atoms with Crippen LogP contribution in [0.2, 0.25) is 0 Å². The molecule has 0 amide bonds. The molecule has 0 saturated carbocycles. The number of aliphatic imine (C=N–C) groups is 1. The smallest absolute Gasteiger partial charge is 0.360 e. The average molecular weight is 407 g/mol. The first-order valence-electron chi connectivity index (χ1n) is 11.8. The van der Waals surface area contributed by atoms with E-state index in [2.05, 4.69) is 24.1 Å². The van der Waals surface area contributed by atoms with E-state index in [4.69, 9.17) is 5.73 Å². The first-order valence-corrected chi connectivity index (χ1v) is 11.8. The Morgan fingerprint density at radius 3 is 2.14 bits per heavy atom. The Labute approximate surface area is 178 Å². The van der Waals surface area contributed by atoms with Crippen LogP contribution in [0.25, 0.3) is 0 Å². The number of aliphatic carboxylic acids is 1. The van der Waals surface area contributed by atoms with Crippen LogP contribution < -0.4 is 5.73 Å². The number of unbranched alkanes of at least 4 members (excludes halogenated alkanes) is 11. The lowest BCUT2D eigenvalue weighted by Crippen LogP contribution is -2.52. The van der Waals surface area contributed by atoms with Crippen molar-refractivity contribution < 1.29 is 14.4 Å². The van der Waals surface area contributed by atoms with E-state index in [1.165, 1.54) is 70.6 Å². The number of amidine groups is 1. The van der Waals surface area contributed by atoms with Gasteiger partial charge in [-0.2, -0.15) is 0 Å². The summed E-state index contributed by atoms with van der Waals surface area (Å²) in [7, 11) is 0. The Hall–Kier alpha value is -1.46. The van der Waals surface area contributed by atoms with E-state index >= 15 is 0 Å². The van der Waals surface area contributed by atoms with Crippen LogP contribution in [0.15, 0.2) is 29.5 Å². The molecule has 1 rings (SSSR count). The fraction of sp³-hybridized carbons (Fsp3) is 0.750. The van der Waals surface area contributed by atoms with Gasteiger partial charge in [-0.05, 0) is 25.7 Å². The molecule has 0 bridgehead atoms. The van der Waals surface area contributed by atoms with E-state index in [0.29, 0.717) is 17.6 Å². The Morgan fingerprint density at radius 2 is 1.59 bits per heavy atom. The van der Waals surface area contributed by atoms with Crippen molar-refractivity contribution in [2.24, 2.45) is 10.7 Å². The molecule has 0 spiro atoms. The lowest BCUT2D eigenvalue weighted by Gasteiger charge is -2.30. The zero-order chi connectivity index (χ0) is 21.2. The van der Waals surface area contributed by atoms with Crippen molar-refractivity contribution in [3.05, 3.63) is 24.6 Å². The average Bonchev–Trinajstić information content (AvgIpc) is 3.06. The highest BCUT2D eigenvalue weighted by molar-refractivity contribution is 5.81. The molecule has 0 saturated heterocycles. The van der Waals surface area contributed by atoms with E-state index in [0.717, 1.165) is 25.1 Å². The fourth-order valence-corrected chi connectivity index (χ4v) is 4.05. The van der Waals surface area contributed by atoms with E-state index in [-0.39, 0.29) is 6.54 Å². The van der Waals surface area contributed by atoms with Crippen LogP contribution in [0.3, 0.4) is 0 Å². The minimum Gasteiger partial charge on any atom is -0.477 e. The summed E-state index contributed by atoms with van der Waals surface area (Å²) in [4.78, 5) is 15.7. The van der Waals surface area contributed by atoms with Crippen molar-refractivity contribution in [2.75, 3.05) is 19.6 Å². The molecule has 0 aliphatic carbocycles. The largest absolute Gasteiger partial charge is 0.477 e. The standard InChI is InChI=1S/C24H43N3O2/c1-2-3-4-5-6-7-8-9-10-11-12-13-14-15-16-17-23-26-19-21-27(23,20-18-25)22-24(28)29/h3-4,19,21H,2,5-18,20,22,25H2,1H3/p+1/b4-3+. The molecule has 166 valence electrons. The van der Waals surface area contributed by atoms with Gasteiger partial charge >= 0.3 is 5.97 Å². The summed E-state index contributed by atoms with van der Waals surface area (Å²) in [6.45, 7) is 3.31. The monoisotopic (exact) mass is 406 g/mol. The molecule has 1 heterocycles. The van der Waals surface area contributed by atoms with Gasteiger partial charge in [0.15, 0.2) is 6.54 Å². The highest BCUT2D eigenvalue weighted by Crippen LogP contribution is 2.21. The number of carboxylic acid groups (broad SMARTS) is 1. The Kier molecular flexibility index (Phi) is 14.4. The zero-order valence-electron chi connectivity index (χ0n) is 18.7. The van der Waals surface area contributed by atoms with Gasteiger partial charge in [-0.1, -0.05) is 76.9 Å². The first kappa shape index (κ1) is 25.6. The molecule has 1 unspecified atom stereocenters. The number of carboxylic acids is 1. The van der Waals surface area contributed by atoms with Crippen LogP contribution in [-0.4, -0.2) is 41.0 Å². The van der Waals surface area contributed by atoms with Crippen LogP contribution in [0, 0.1) is 0 Å². The van der Waals surface area contributed by atoms with Gasteiger partial charge in [0.2, 0.25) is 5.84 Å². The molecule has 5 nitrogen and oxygen atoms in total. The summed E-state index contributed by atoms with van der Waals surface area (Å²) >= 11 is 0. The Morgan fingerprint density at radius 1 is 1.00 bits per heavy atom. The molecule has 0 aromatic heterocycles. The second kappa shape index (κ2) is 16.3. The fourth-order valence-electron chi connectivity index (χ4n) is 4.05.